The molecule has 0 spiro atoms. The quantitative estimate of drug-likeness (QED) is 0.366. The van der Waals surface area contributed by atoms with Crippen LogP contribution in [0.5, 0.6) is 0 Å². The minimum absolute atomic E-state index is 0.245. The second-order valence-corrected chi connectivity index (χ2v) is 11.1. The summed E-state index contributed by atoms with van der Waals surface area (Å²) < 4.78 is 24.6. The van der Waals surface area contributed by atoms with Crippen molar-refractivity contribution >= 4 is 11.9 Å². The van der Waals surface area contributed by atoms with Crippen LogP contribution in [-0.2, 0) is 18.9 Å². The lowest BCUT2D eigenvalue weighted by atomic mass is 9.93. The molecular weight excluding hydrogens is 468 g/mol. The van der Waals surface area contributed by atoms with Gasteiger partial charge in [0.05, 0.1) is 17.2 Å². The summed E-state index contributed by atoms with van der Waals surface area (Å²) in [5.41, 5.74) is 4.33. The maximum atomic E-state index is 13.3. The molecule has 2 heterocycles. The highest BCUT2D eigenvalue weighted by molar-refractivity contribution is 5.93. The van der Waals surface area contributed by atoms with Crippen LogP contribution < -0.4 is 0 Å². The number of carbonyl (C=O) groups is 2. The Bertz CT molecular complexity index is 1200. The van der Waals surface area contributed by atoms with Crippen molar-refractivity contribution < 1.29 is 28.5 Å². The monoisotopic (exact) mass is 504 g/mol. The molecule has 6 atom stereocenters. The Morgan fingerprint density at radius 1 is 1.05 bits per heavy atom. The highest BCUT2D eigenvalue weighted by Gasteiger charge is 2.50. The minimum Gasteiger partial charge on any atom is -0.459 e. The molecule has 37 heavy (non-hydrogen) atoms. The number of carbonyl (C=O) groups excluding carboxylic acids is 2. The molecular formula is C31H36O6. The Kier molecular flexibility index (Phi) is 6.99. The Morgan fingerprint density at radius 2 is 1.81 bits per heavy atom. The predicted octanol–water partition coefficient (Wildman–Crippen LogP) is 6.05. The van der Waals surface area contributed by atoms with Crippen molar-refractivity contribution in [3.05, 3.63) is 82.4 Å². The number of ether oxygens (including phenoxy) is 4. The summed E-state index contributed by atoms with van der Waals surface area (Å²) in [5, 5.41) is 0. The van der Waals surface area contributed by atoms with Gasteiger partial charge in [-0.15, -0.1) is 0 Å². The second kappa shape index (κ2) is 10.1. The van der Waals surface area contributed by atoms with Gasteiger partial charge in [-0.25, -0.2) is 9.59 Å². The summed E-state index contributed by atoms with van der Waals surface area (Å²) in [6.07, 6.45) is 4.30. The maximum absolute atomic E-state index is 13.3. The molecule has 0 radical (unpaired) electrons. The Balaban J connectivity index is 1.47. The van der Waals surface area contributed by atoms with Crippen molar-refractivity contribution in [2.45, 2.75) is 90.0 Å². The van der Waals surface area contributed by atoms with Crippen LogP contribution in [0.4, 0.5) is 0 Å². The van der Waals surface area contributed by atoms with Crippen molar-refractivity contribution in [3.63, 3.8) is 0 Å². The molecule has 2 aromatic rings. The van der Waals surface area contributed by atoms with Crippen molar-refractivity contribution in [2.75, 3.05) is 0 Å². The molecule has 3 aliphatic rings. The van der Waals surface area contributed by atoms with E-state index in [4.69, 9.17) is 18.9 Å². The van der Waals surface area contributed by atoms with Gasteiger partial charge in [-0.2, -0.15) is 0 Å². The molecule has 1 saturated carbocycles. The molecule has 2 aromatic carbocycles. The van der Waals surface area contributed by atoms with Crippen LogP contribution in [0, 0.1) is 19.8 Å². The lowest BCUT2D eigenvalue weighted by molar-refractivity contribution is -0.153. The molecule has 1 aliphatic carbocycles. The molecule has 6 nitrogen and oxygen atoms in total. The highest BCUT2D eigenvalue weighted by Crippen LogP contribution is 2.53. The maximum Gasteiger partial charge on any atom is 0.338 e. The van der Waals surface area contributed by atoms with E-state index >= 15 is 0 Å². The molecule has 0 bridgehead atoms. The molecule has 6 heteroatoms. The van der Waals surface area contributed by atoms with Gasteiger partial charge in [0.25, 0.3) is 0 Å². The van der Waals surface area contributed by atoms with E-state index in [2.05, 4.69) is 13.0 Å². The largest absolute Gasteiger partial charge is 0.459 e. The highest BCUT2D eigenvalue weighted by atomic mass is 16.8. The molecule has 1 saturated heterocycles. The number of esters is 2. The summed E-state index contributed by atoms with van der Waals surface area (Å²) in [7, 11) is 0. The third-order valence-corrected chi connectivity index (χ3v) is 7.47. The topological polar surface area (TPSA) is 71.1 Å². The van der Waals surface area contributed by atoms with Crippen molar-refractivity contribution in [1.29, 1.82) is 0 Å². The van der Waals surface area contributed by atoms with E-state index in [9.17, 15) is 9.59 Å². The molecule has 2 fully saturated rings. The number of aryl methyl sites for hydroxylation is 2. The number of fused-ring (bicyclic) bond motifs is 4. The number of hydrogen-bond acceptors (Lipinski definition) is 6. The van der Waals surface area contributed by atoms with Crippen molar-refractivity contribution in [3.8, 4) is 0 Å². The van der Waals surface area contributed by atoms with Gasteiger partial charge in [-0.1, -0.05) is 42.0 Å². The van der Waals surface area contributed by atoms with Gasteiger partial charge in [-0.3, -0.25) is 0 Å². The number of rotatable bonds is 2. The number of benzene rings is 2. The zero-order chi connectivity index (χ0) is 26.3. The number of cyclic esters (lactones) is 1. The van der Waals surface area contributed by atoms with E-state index in [0.717, 1.165) is 29.5 Å². The molecule has 196 valence electrons. The van der Waals surface area contributed by atoms with Crippen LogP contribution in [0.3, 0.4) is 0 Å². The van der Waals surface area contributed by atoms with E-state index in [0.29, 0.717) is 23.5 Å². The third-order valence-electron chi connectivity index (χ3n) is 7.47. The lowest BCUT2D eigenvalue weighted by Gasteiger charge is -2.25. The first-order valence-electron chi connectivity index (χ1n) is 13.2. The summed E-state index contributed by atoms with van der Waals surface area (Å²) in [6, 6.07) is 13.1. The van der Waals surface area contributed by atoms with Crippen LogP contribution in [-0.4, -0.2) is 42.1 Å². The fraction of sp³-hybridized carbons (Fsp3) is 0.484. The van der Waals surface area contributed by atoms with Crippen LogP contribution in [0.1, 0.15) is 83.4 Å². The average Bonchev–Trinajstić information content (AvgIpc) is 3.52. The van der Waals surface area contributed by atoms with Crippen molar-refractivity contribution in [1.82, 2.24) is 0 Å². The first-order valence-corrected chi connectivity index (χ1v) is 13.2. The predicted molar refractivity (Wildman–Crippen MR) is 139 cm³/mol. The zero-order valence-electron chi connectivity index (χ0n) is 22.2. The normalized spacial score (nSPS) is 31.6. The van der Waals surface area contributed by atoms with Crippen LogP contribution in [0.2, 0.25) is 0 Å². The number of hydrogen-bond donors (Lipinski definition) is 0. The van der Waals surface area contributed by atoms with Gasteiger partial charge >= 0.3 is 11.9 Å². The van der Waals surface area contributed by atoms with Crippen molar-refractivity contribution in [2.24, 2.45) is 5.92 Å². The fourth-order valence-electron chi connectivity index (χ4n) is 5.76. The van der Waals surface area contributed by atoms with Crippen LogP contribution in [0.15, 0.2) is 54.6 Å². The first kappa shape index (κ1) is 25.7. The summed E-state index contributed by atoms with van der Waals surface area (Å²) in [4.78, 5) is 26.3. The van der Waals surface area contributed by atoms with Crippen LogP contribution in [0.25, 0.3) is 0 Å². The minimum atomic E-state index is -0.795. The molecule has 0 N–H and O–H groups in total. The summed E-state index contributed by atoms with van der Waals surface area (Å²) in [5.74, 6) is -0.883. The van der Waals surface area contributed by atoms with E-state index in [1.165, 1.54) is 0 Å². The van der Waals surface area contributed by atoms with E-state index in [-0.39, 0.29) is 24.1 Å². The lowest BCUT2D eigenvalue weighted by Crippen LogP contribution is -2.38. The third kappa shape index (κ3) is 5.65. The Morgan fingerprint density at radius 3 is 2.57 bits per heavy atom. The Hall–Kier alpha value is -2.96. The average molecular weight is 505 g/mol. The smallest absolute Gasteiger partial charge is 0.338 e. The van der Waals surface area contributed by atoms with Gasteiger partial charge in [0.1, 0.15) is 18.3 Å². The molecule has 2 aliphatic heterocycles. The van der Waals surface area contributed by atoms with Gasteiger partial charge in [0, 0.05) is 6.42 Å². The molecule has 0 amide bonds. The van der Waals surface area contributed by atoms with E-state index in [1.54, 1.807) is 12.1 Å². The zero-order valence-corrected chi connectivity index (χ0v) is 22.2. The van der Waals surface area contributed by atoms with Crippen LogP contribution >= 0.6 is 0 Å². The molecule has 5 rings (SSSR count). The Labute approximate surface area is 218 Å². The summed E-state index contributed by atoms with van der Waals surface area (Å²) >= 11 is 0. The van der Waals surface area contributed by atoms with Gasteiger partial charge in [0.2, 0.25) is 0 Å². The first-order chi connectivity index (χ1) is 17.6. The molecule has 3 unspecified atom stereocenters. The van der Waals surface area contributed by atoms with Gasteiger partial charge in [-0.05, 0) is 88.6 Å². The summed E-state index contributed by atoms with van der Waals surface area (Å²) in [6.45, 7) is 9.72. The second-order valence-electron chi connectivity index (χ2n) is 11.1. The van der Waals surface area contributed by atoms with Gasteiger partial charge in [0.15, 0.2) is 5.79 Å². The van der Waals surface area contributed by atoms with Gasteiger partial charge < -0.3 is 18.9 Å². The van der Waals surface area contributed by atoms with E-state index in [1.807, 2.05) is 64.1 Å². The SMILES string of the molecule is Cc1cc(C)c2c(c1)C1CC1C[C@@H]1OC(C)(C)O[C@@H]1C(OC(=O)c1ccccc1)/C=C\C[C@H](C)OC2=O. The van der Waals surface area contributed by atoms with E-state index < -0.39 is 24.0 Å². The molecule has 0 aromatic heterocycles. The fourth-order valence-corrected chi connectivity index (χ4v) is 5.76. The standard InChI is InChI=1S/C31H36O6/c1-18-14-19(2)27-24(15-18)23-16-22(23)17-26-28(37-31(4,5)36-26)25(13-9-10-20(3)34-30(27)33)35-29(32)21-11-7-6-8-12-21/h6-9,11-15,20,22-23,25-26,28H,10,16-17H2,1-5H3/b13-9-/t20-,22?,23?,25?,26-,28+/m0/s1.